The van der Waals surface area contributed by atoms with E-state index in [2.05, 4.69) is 156 Å². The largest absolute Gasteiger partial charge is 0.457 e. The van der Waals surface area contributed by atoms with Crippen molar-refractivity contribution in [2.45, 2.75) is 86.5 Å². The molecule has 0 atom stereocenters. The number of benzene rings is 4. The Bertz CT molecular complexity index is 2340. The van der Waals surface area contributed by atoms with Crippen LogP contribution in [0.15, 0.2) is 103 Å². The number of aryl methyl sites for hydroxylation is 3. The Morgan fingerprint density at radius 3 is 2.29 bits per heavy atom. The molecular formula is C46H50N4O. The van der Waals surface area contributed by atoms with Gasteiger partial charge in [0.2, 0.25) is 0 Å². The third kappa shape index (κ3) is 7.08. The maximum atomic E-state index is 6.79. The van der Waals surface area contributed by atoms with Gasteiger partial charge in [0.05, 0.1) is 22.4 Å². The first kappa shape index (κ1) is 34.3. The van der Waals surface area contributed by atoms with E-state index in [0.717, 1.165) is 57.8 Å². The summed E-state index contributed by atoms with van der Waals surface area (Å²) in [6.07, 6.45) is 6.73. The van der Waals surface area contributed by atoms with Gasteiger partial charge in [0.25, 0.3) is 0 Å². The first-order valence-corrected chi connectivity index (χ1v) is 18.4. The van der Waals surface area contributed by atoms with E-state index in [1.807, 2.05) is 12.3 Å². The highest BCUT2D eigenvalue weighted by Crippen LogP contribution is 2.38. The van der Waals surface area contributed by atoms with Gasteiger partial charge < -0.3 is 4.74 Å². The summed E-state index contributed by atoms with van der Waals surface area (Å²) in [6.45, 7) is 17.7. The summed E-state index contributed by atoms with van der Waals surface area (Å²) in [6, 6.07) is 34.7. The lowest BCUT2D eigenvalue weighted by Crippen LogP contribution is -2.12. The number of fused-ring (bicyclic) bond motifs is 3. The minimum absolute atomic E-state index is 0.0911. The molecule has 0 unspecified atom stereocenters. The van der Waals surface area contributed by atoms with Crippen molar-refractivity contribution in [3.63, 3.8) is 0 Å². The van der Waals surface area contributed by atoms with Gasteiger partial charge in [-0.2, -0.15) is 5.10 Å². The molecule has 5 nitrogen and oxygen atoms in total. The smallest absolute Gasteiger partial charge is 0.137 e. The van der Waals surface area contributed by atoms with Gasteiger partial charge >= 0.3 is 0 Å². The maximum absolute atomic E-state index is 6.79. The van der Waals surface area contributed by atoms with Gasteiger partial charge in [0, 0.05) is 40.4 Å². The molecule has 0 bridgehead atoms. The van der Waals surface area contributed by atoms with Crippen molar-refractivity contribution >= 4 is 21.8 Å². The van der Waals surface area contributed by atoms with Gasteiger partial charge in [0.1, 0.15) is 17.3 Å². The monoisotopic (exact) mass is 674 g/mol. The molecule has 0 N–H and O–H groups in total. The summed E-state index contributed by atoms with van der Waals surface area (Å²) in [5.74, 6) is 3.22. The van der Waals surface area contributed by atoms with Crippen LogP contribution in [0.3, 0.4) is 0 Å². The van der Waals surface area contributed by atoms with Crippen molar-refractivity contribution in [3.8, 4) is 34.1 Å². The average molecular weight is 675 g/mol. The number of unbranched alkanes of at least 4 members (excludes halogenated alkanes) is 1. The van der Waals surface area contributed by atoms with Crippen LogP contribution in [-0.4, -0.2) is 19.3 Å². The van der Waals surface area contributed by atoms with Crippen LogP contribution in [0.4, 0.5) is 0 Å². The molecule has 0 fully saturated rings. The van der Waals surface area contributed by atoms with Crippen LogP contribution in [0, 0.1) is 26.7 Å². The van der Waals surface area contributed by atoms with E-state index < -0.39 is 0 Å². The van der Waals surface area contributed by atoms with E-state index in [9.17, 15) is 0 Å². The van der Waals surface area contributed by atoms with Crippen LogP contribution >= 0.6 is 0 Å². The Morgan fingerprint density at radius 2 is 1.55 bits per heavy atom. The molecule has 51 heavy (non-hydrogen) atoms. The Hall–Kier alpha value is -5.16. The van der Waals surface area contributed by atoms with Gasteiger partial charge in [-0.3, -0.25) is 4.57 Å². The third-order valence-electron chi connectivity index (χ3n) is 10.0. The van der Waals surface area contributed by atoms with Crippen molar-refractivity contribution in [1.82, 2.24) is 19.3 Å². The number of hydrogen-bond donors (Lipinski definition) is 0. The molecule has 0 saturated heterocycles. The third-order valence-corrected chi connectivity index (χ3v) is 10.0. The summed E-state index contributed by atoms with van der Waals surface area (Å²) in [4.78, 5) is 4.83. The van der Waals surface area contributed by atoms with Crippen LogP contribution in [0.2, 0.25) is 0 Å². The molecule has 7 aromatic rings. The van der Waals surface area contributed by atoms with Crippen molar-refractivity contribution in [2.75, 3.05) is 0 Å². The Balaban J connectivity index is 1.31. The highest BCUT2D eigenvalue weighted by atomic mass is 16.5. The molecule has 4 aromatic carbocycles. The quantitative estimate of drug-likeness (QED) is 0.136. The molecule has 0 amide bonds. The van der Waals surface area contributed by atoms with E-state index in [-0.39, 0.29) is 5.41 Å². The Kier molecular flexibility index (Phi) is 9.32. The first-order valence-electron chi connectivity index (χ1n) is 18.4. The number of hydrogen-bond acceptors (Lipinski definition) is 3. The molecule has 0 radical (unpaired) electrons. The fourth-order valence-electron chi connectivity index (χ4n) is 7.29. The number of aromatic nitrogens is 4. The molecule has 0 spiro atoms. The molecule has 0 saturated carbocycles. The zero-order valence-electron chi connectivity index (χ0n) is 31.4. The molecule has 7 rings (SSSR count). The summed E-state index contributed by atoms with van der Waals surface area (Å²) >= 11 is 0. The molecule has 5 heteroatoms. The van der Waals surface area contributed by atoms with Gasteiger partial charge in [-0.25, -0.2) is 9.67 Å². The highest BCUT2D eigenvalue weighted by molar-refractivity contribution is 6.09. The second kappa shape index (κ2) is 13.9. The van der Waals surface area contributed by atoms with Gasteiger partial charge in [-0.05, 0) is 116 Å². The summed E-state index contributed by atoms with van der Waals surface area (Å²) in [5, 5.41) is 7.48. The Morgan fingerprint density at radius 1 is 0.745 bits per heavy atom. The van der Waals surface area contributed by atoms with E-state index >= 15 is 0 Å². The minimum Gasteiger partial charge on any atom is -0.457 e. The highest BCUT2D eigenvalue weighted by Gasteiger charge is 2.21. The molecular weight excluding hydrogens is 625 g/mol. The molecule has 3 aromatic heterocycles. The van der Waals surface area contributed by atoms with Crippen LogP contribution in [-0.2, 0) is 11.8 Å². The summed E-state index contributed by atoms with van der Waals surface area (Å²) < 4.78 is 11.1. The predicted molar refractivity (Wildman–Crippen MR) is 213 cm³/mol. The predicted octanol–water partition coefficient (Wildman–Crippen LogP) is 12.4. The topological polar surface area (TPSA) is 44.9 Å². The van der Waals surface area contributed by atoms with Gasteiger partial charge in [0.15, 0.2) is 0 Å². The zero-order valence-corrected chi connectivity index (χ0v) is 31.4. The molecule has 0 aliphatic carbocycles. The lowest BCUT2D eigenvalue weighted by molar-refractivity contribution is 0.478. The van der Waals surface area contributed by atoms with E-state index in [4.69, 9.17) is 14.8 Å². The van der Waals surface area contributed by atoms with E-state index in [1.54, 1.807) is 0 Å². The lowest BCUT2D eigenvalue weighted by atomic mass is 9.86. The lowest BCUT2D eigenvalue weighted by Gasteiger charge is -2.22. The molecule has 3 heterocycles. The van der Waals surface area contributed by atoms with Crippen LogP contribution < -0.4 is 4.74 Å². The number of pyridine rings is 1. The number of rotatable bonds is 10. The molecule has 0 aliphatic heterocycles. The minimum atomic E-state index is -0.0911. The summed E-state index contributed by atoms with van der Waals surface area (Å²) in [7, 11) is 0. The Labute approximate surface area is 302 Å². The number of ether oxygens (including phenoxy) is 1. The van der Waals surface area contributed by atoms with Gasteiger partial charge in [-0.15, -0.1) is 0 Å². The normalized spacial score (nSPS) is 12.0. The fraction of sp³-hybridized carbons (Fsp3) is 0.304. The standard InChI is InChI=1S/C46H50N4O/c1-30(2)14-12-13-15-34-18-21-42-41(25-34)40-20-19-38(29-43(40)49(42)44-24-31(3)22-23-47-44)51-39-27-36(46(6,7)8)26-37(28-39)50-33(5)45(32(4)48-50)35-16-10-9-11-17-35/h9-11,16-30H,12-15H2,1-8H3. The van der Waals surface area contributed by atoms with E-state index in [0.29, 0.717) is 0 Å². The molecule has 0 aliphatic rings. The van der Waals surface area contributed by atoms with E-state index in [1.165, 1.54) is 57.9 Å². The average Bonchev–Trinajstić information content (AvgIpc) is 3.58. The SMILES string of the molecule is Cc1ccnc(-n2c3ccc(CCCCC(C)C)cc3c3ccc(Oc4cc(-n5nc(C)c(-c6ccccc6)c5C)cc(C(C)(C)C)c4)cc32)c1. The van der Waals surface area contributed by atoms with Crippen molar-refractivity contribution in [1.29, 1.82) is 0 Å². The van der Waals surface area contributed by atoms with Crippen molar-refractivity contribution in [2.24, 2.45) is 5.92 Å². The zero-order chi connectivity index (χ0) is 35.9. The van der Waals surface area contributed by atoms with Crippen LogP contribution in [0.1, 0.15) is 82.0 Å². The second-order valence-electron chi connectivity index (χ2n) is 15.6. The first-order chi connectivity index (χ1) is 24.5. The maximum Gasteiger partial charge on any atom is 0.137 e. The van der Waals surface area contributed by atoms with Crippen molar-refractivity contribution in [3.05, 3.63) is 131 Å². The van der Waals surface area contributed by atoms with Crippen LogP contribution in [0.25, 0.3) is 44.4 Å². The second-order valence-corrected chi connectivity index (χ2v) is 15.6. The summed E-state index contributed by atoms with van der Waals surface area (Å²) in [5.41, 5.74) is 11.3. The van der Waals surface area contributed by atoms with Gasteiger partial charge in [-0.1, -0.05) is 83.9 Å². The number of nitrogens with zero attached hydrogens (tertiary/aromatic N) is 4. The molecule has 260 valence electrons. The fourth-order valence-corrected chi connectivity index (χ4v) is 7.29. The van der Waals surface area contributed by atoms with Crippen LogP contribution in [0.5, 0.6) is 11.5 Å². The van der Waals surface area contributed by atoms with Crippen molar-refractivity contribution < 1.29 is 4.74 Å².